The van der Waals surface area contributed by atoms with Crippen molar-refractivity contribution < 1.29 is 9.84 Å². The molecule has 0 bridgehead atoms. The van der Waals surface area contributed by atoms with Crippen LogP contribution in [0.25, 0.3) is 0 Å². The molecule has 1 fully saturated rings. The second-order valence-corrected chi connectivity index (χ2v) is 4.33. The van der Waals surface area contributed by atoms with E-state index in [1.807, 2.05) is 12.1 Å². The largest absolute Gasteiger partial charge is 0.493 e. The summed E-state index contributed by atoms with van der Waals surface area (Å²) in [5, 5.41) is 9.21. The summed E-state index contributed by atoms with van der Waals surface area (Å²) >= 11 is 0. The van der Waals surface area contributed by atoms with Gasteiger partial charge in [0.15, 0.2) is 0 Å². The van der Waals surface area contributed by atoms with E-state index in [4.69, 9.17) is 4.74 Å². The molecule has 0 aromatic heterocycles. The lowest BCUT2D eigenvalue weighted by atomic mass is 9.88. The van der Waals surface area contributed by atoms with Gasteiger partial charge in [-0.3, -0.25) is 0 Å². The van der Waals surface area contributed by atoms with Gasteiger partial charge in [-0.1, -0.05) is 18.2 Å². The lowest BCUT2D eigenvalue weighted by molar-refractivity contribution is 0.224. The SMILES string of the molecule is OC[C@@H]1C[C@@]12CCOc1ccccc12. The fraction of sp³-hybridized carbons (Fsp3) is 0.500. The standard InChI is InChI=1S/C12H14O2/c13-8-9-7-12(9)5-6-14-11-4-2-1-3-10(11)12/h1-4,9,13H,5-8H2/t9-,12-/m0/s1. The molecule has 0 amide bonds. The lowest BCUT2D eigenvalue weighted by Crippen LogP contribution is -2.22. The maximum atomic E-state index is 9.21. The smallest absolute Gasteiger partial charge is 0.123 e. The average Bonchev–Trinajstić information content (AvgIpc) is 2.94. The third kappa shape index (κ3) is 0.947. The number of aliphatic hydroxyl groups excluding tert-OH is 1. The van der Waals surface area contributed by atoms with Crippen molar-refractivity contribution in [1.82, 2.24) is 0 Å². The summed E-state index contributed by atoms with van der Waals surface area (Å²) in [5.74, 6) is 1.49. The van der Waals surface area contributed by atoms with E-state index >= 15 is 0 Å². The molecular formula is C12H14O2. The molecule has 1 saturated carbocycles. The number of aliphatic hydroxyl groups is 1. The Kier molecular flexibility index (Phi) is 1.62. The van der Waals surface area contributed by atoms with Crippen LogP contribution in [0.5, 0.6) is 5.75 Å². The van der Waals surface area contributed by atoms with Gasteiger partial charge in [0.2, 0.25) is 0 Å². The second-order valence-electron chi connectivity index (χ2n) is 4.33. The van der Waals surface area contributed by atoms with E-state index in [1.54, 1.807) is 0 Å². The van der Waals surface area contributed by atoms with Crippen molar-refractivity contribution in [2.24, 2.45) is 5.92 Å². The summed E-state index contributed by atoms with van der Waals surface area (Å²) in [5.41, 5.74) is 1.56. The van der Waals surface area contributed by atoms with Gasteiger partial charge in [0.25, 0.3) is 0 Å². The highest BCUT2D eigenvalue weighted by atomic mass is 16.5. The molecule has 0 unspecified atom stereocenters. The van der Waals surface area contributed by atoms with E-state index in [-0.39, 0.29) is 5.41 Å². The molecule has 14 heavy (non-hydrogen) atoms. The third-order valence-corrected chi connectivity index (χ3v) is 3.68. The van der Waals surface area contributed by atoms with Gasteiger partial charge in [-0.25, -0.2) is 0 Å². The lowest BCUT2D eigenvalue weighted by Gasteiger charge is -2.26. The van der Waals surface area contributed by atoms with E-state index in [2.05, 4.69) is 12.1 Å². The molecule has 2 atom stereocenters. The van der Waals surface area contributed by atoms with E-state index in [0.717, 1.165) is 25.2 Å². The fourth-order valence-electron chi connectivity index (χ4n) is 2.74. The molecule has 2 nitrogen and oxygen atoms in total. The highest BCUT2D eigenvalue weighted by Gasteiger charge is 2.56. The van der Waals surface area contributed by atoms with Crippen LogP contribution < -0.4 is 4.74 Å². The monoisotopic (exact) mass is 190 g/mol. The summed E-state index contributed by atoms with van der Waals surface area (Å²) in [7, 11) is 0. The molecule has 2 heteroatoms. The number of benzene rings is 1. The highest BCUT2D eigenvalue weighted by Crippen LogP contribution is 2.60. The predicted molar refractivity (Wildman–Crippen MR) is 53.4 cm³/mol. The summed E-state index contributed by atoms with van der Waals surface area (Å²) in [6, 6.07) is 8.24. The molecule has 1 spiro atoms. The van der Waals surface area contributed by atoms with Crippen LogP contribution in [0.2, 0.25) is 0 Å². The molecule has 0 radical (unpaired) electrons. The molecular weight excluding hydrogens is 176 g/mol. The van der Waals surface area contributed by atoms with Gasteiger partial charge in [0.05, 0.1) is 6.61 Å². The van der Waals surface area contributed by atoms with Crippen LogP contribution >= 0.6 is 0 Å². The molecule has 1 aliphatic heterocycles. The Morgan fingerprint density at radius 2 is 2.29 bits per heavy atom. The average molecular weight is 190 g/mol. The first kappa shape index (κ1) is 8.30. The van der Waals surface area contributed by atoms with Crippen LogP contribution in [0.3, 0.4) is 0 Å². The molecule has 74 valence electrons. The van der Waals surface area contributed by atoms with Crippen LogP contribution in [0.1, 0.15) is 18.4 Å². The molecule has 0 saturated heterocycles. The van der Waals surface area contributed by atoms with Gasteiger partial charge in [-0.05, 0) is 24.8 Å². The number of hydrogen-bond donors (Lipinski definition) is 1. The van der Waals surface area contributed by atoms with Gasteiger partial charge in [-0.15, -0.1) is 0 Å². The zero-order valence-corrected chi connectivity index (χ0v) is 8.07. The van der Waals surface area contributed by atoms with Crippen molar-refractivity contribution in [3.05, 3.63) is 29.8 Å². The normalized spacial score (nSPS) is 33.6. The number of para-hydroxylation sites is 1. The molecule has 1 aromatic carbocycles. The van der Waals surface area contributed by atoms with Crippen molar-refractivity contribution >= 4 is 0 Å². The summed E-state index contributed by atoms with van der Waals surface area (Å²) < 4.78 is 5.61. The number of hydrogen-bond acceptors (Lipinski definition) is 2. The Morgan fingerprint density at radius 1 is 1.43 bits per heavy atom. The van der Waals surface area contributed by atoms with Crippen LogP contribution in [0, 0.1) is 5.92 Å². The quantitative estimate of drug-likeness (QED) is 0.730. The van der Waals surface area contributed by atoms with Crippen molar-refractivity contribution in [2.75, 3.05) is 13.2 Å². The van der Waals surface area contributed by atoms with E-state index in [9.17, 15) is 5.11 Å². The summed E-state index contributed by atoms with van der Waals surface area (Å²) in [6.07, 6.45) is 2.19. The number of ether oxygens (including phenoxy) is 1. The first-order chi connectivity index (χ1) is 6.87. The third-order valence-electron chi connectivity index (χ3n) is 3.68. The van der Waals surface area contributed by atoms with Crippen LogP contribution in [0.15, 0.2) is 24.3 Å². The zero-order chi connectivity index (χ0) is 9.60. The van der Waals surface area contributed by atoms with Crippen molar-refractivity contribution in [2.45, 2.75) is 18.3 Å². The Labute approximate surface area is 83.5 Å². The van der Waals surface area contributed by atoms with Gasteiger partial charge in [0, 0.05) is 17.6 Å². The van der Waals surface area contributed by atoms with Crippen LogP contribution in [-0.4, -0.2) is 18.3 Å². The molecule has 1 aromatic rings. The molecule has 2 aliphatic rings. The van der Waals surface area contributed by atoms with Crippen LogP contribution in [0.4, 0.5) is 0 Å². The molecule has 3 rings (SSSR count). The summed E-state index contributed by atoms with van der Waals surface area (Å²) in [4.78, 5) is 0. The van der Waals surface area contributed by atoms with Gasteiger partial charge in [-0.2, -0.15) is 0 Å². The van der Waals surface area contributed by atoms with Crippen molar-refractivity contribution in [3.8, 4) is 5.75 Å². The first-order valence-corrected chi connectivity index (χ1v) is 5.20. The van der Waals surface area contributed by atoms with Crippen molar-refractivity contribution in [1.29, 1.82) is 0 Å². The Bertz CT molecular complexity index is 361. The molecule has 1 N–H and O–H groups in total. The van der Waals surface area contributed by atoms with Gasteiger partial charge >= 0.3 is 0 Å². The fourth-order valence-corrected chi connectivity index (χ4v) is 2.74. The minimum Gasteiger partial charge on any atom is -0.493 e. The molecule has 1 heterocycles. The van der Waals surface area contributed by atoms with Crippen molar-refractivity contribution in [3.63, 3.8) is 0 Å². The first-order valence-electron chi connectivity index (χ1n) is 5.20. The highest BCUT2D eigenvalue weighted by molar-refractivity contribution is 5.46. The van der Waals surface area contributed by atoms with Gasteiger partial charge < -0.3 is 9.84 Å². The maximum Gasteiger partial charge on any atom is 0.123 e. The second kappa shape index (κ2) is 2.74. The van der Waals surface area contributed by atoms with Gasteiger partial charge in [0.1, 0.15) is 5.75 Å². The van der Waals surface area contributed by atoms with E-state index in [0.29, 0.717) is 12.5 Å². The maximum absolute atomic E-state index is 9.21. The Balaban J connectivity index is 2.05. The van der Waals surface area contributed by atoms with E-state index in [1.165, 1.54) is 5.56 Å². The predicted octanol–water partition coefficient (Wildman–Crippen LogP) is 1.72. The summed E-state index contributed by atoms with van der Waals surface area (Å²) in [6.45, 7) is 1.11. The van der Waals surface area contributed by atoms with Crippen LogP contribution in [-0.2, 0) is 5.41 Å². The number of fused-ring (bicyclic) bond motifs is 2. The topological polar surface area (TPSA) is 29.5 Å². The Hall–Kier alpha value is -1.02. The number of rotatable bonds is 1. The molecule has 1 aliphatic carbocycles. The Morgan fingerprint density at radius 3 is 3.07 bits per heavy atom. The van der Waals surface area contributed by atoms with E-state index < -0.39 is 0 Å². The minimum atomic E-state index is 0.254. The minimum absolute atomic E-state index is 0.254. The zero-order valence-electron chi connectivity index (χ0n) is 8.07.